The van der Waals surface area contributed by atoms with Crippen LogP contribution in [0.3, 0.4) is 0 Å². The Morgan fingerprint density at radius 1 is 1.43 bits per heavy atom. The molecule has 14 heavy (non-hydrogen) atoms. The van der Waals surface area contributed by atoms with Gasteiger partial charge in [0.15, 0.2) is 6.20 Å². The zero-order chi connectivity index (χ0) is 9.90. The maximum Gasteiger partial charge on any atom is 0.312 e. The van der Waals surface area contributed by atoms with E-state index >= 15 is 0 Å². The largest absolute Gasteiger partial charge is 1.00 e. The third-order valence-corrected chi connectivity index (χ3v) is 2.61. The summed E-state index contributed by atoms with van der Waals surface area (Å²) in [4.78, 5) is 0. The fourth-order valence-electron chi connectivity index (χ4n) is 1.14. The molecule has 0 atom stereocenters. The summed E-state index contributed by atoms with van der Waals surface area (Å²) < 4.78 is 23.8. The van der Waals surface area contributed by atoms with Crippen LogP contribution >= 0.6 is 0 Å². The average molecular weight is 237 g/mol. The van der Waals surface area contributed by atoms with Crippen LogP contribution in [0.5, 0.6) is 0 Å². The SMILES string of the molecule is CCC[n+]1ccccc1S(N)(=O)=O.[Cl-]. The lowest BCUT2D eigenvalue weighted by molar-refractivity contribution is -0.733. The molecule has 0 aliphatic rings. The van der Waals surface area contributed by atoms with E-state index in [2.05, 4.69) is 0 Å². The molecule has 0 bridgehead atoms. The van der Waals surface area contributed by atoms with E-state index in [1.165, 1.54) is 6.07 Å². The Bertz CT molecular complexity index is 392. The van der Waals surface area contributed by atoms with E-state index in [9.17, 15) is 8.42 Å². The van der Waals surface area contributed by atoms with Gasteiger partial charge in [0.25, 0.3) is 10.0 Å². The lowest BCUT2D eigenvalue weighted by Gasteiger charge is -1.99. The number of rotatable bonds is 3. The average Bonchev–Trinajstić information content (AvgIpc) is 2.04. The van der Waals surface area contributed by atoms with Gasteiger partial charge in [-0.3, -0.25) is 0 Å². The minimum atomic E-state index is -3.59. The van der Waals surface area contributed by atoms with Gasteiger partial charge in [0.05, 0.1) is 0 Å². The number of halogens is 1. The number of aromatic nitrogens is 1. The zero-order valence-corrected chi connectivity index (χ0v) is 9.42. The van der Waals surface area contributed by atoms with Crippen LogP contribution in [-0.4, -0.2) is 8.42 Å². The minimum absolute atomic E-state index is 0. The van der Waals surface area contributed by atoms with Gasteiger partial charge in [-0.2, -0.15) is 4.57 Å². The summed E-state index contributed by atoms with van der Waals surface area (Å²) in [6.07, 6.45) is 2.58. The Hall–Kier alpha value is -0.650. The normalized spacial score (nSPS) is 10.7. The number of hydrogen-bond donors (Lipinski definition) is 1. The van der Waals surface area contributed by atoms with Crippen LogP contribution in [0, 0.1) is 0 Å². The van der Waals surface area contributed by atoms with Gasteiger partial charge in [-0.25, -0.2) is 13.6 Å². The molecular formula is C8H13ClN2O2S. The van der Waals surface area contributed by atoms with E-state index in [0.717, 1.165) is 6.42 Å². The van der Waals surface area contributed by atoms with Crippen molar-refractivity contribution in [2.75, 3.05) is 0 Å². The predicted octanol–water partition coefficient (Wildman–Crippen LogP) is -2.96. The van der Waals surface area contributed by atoms with Gasteiger partial charge in [0, 0.05) is 18.6 Å². The molecule has 0 aliphatic heterocycles. The summed E-state index contributed by atoms with van der Waals surface area (Å²) in [5.74, 6) is 0. The van der Waals surface area contributed by atoms with Crippen LogP contribution in [-0.2, 0) is 16.6 Å². The van der Waals surface area contributed by atoms with Gasteiger partial charge >= 0.3 is 5.03 Å². The molecule has 1 aromatic heterocycles. The molecule has 6 heteroatoms. The van der Waals surface area contributed by atoms with Crippen LogP contribution in [0.25, 0.3) is 0 Å². The van der Waals surface area contributed by atoms with Crippen molar-refractivity contribution in [3.63, 3.8) is 0 Å². The van der Waals surface area contributed by atoms with Gasteiger partial charge in [-0.15, -0.1) is 0 Å². The first-order valence-corrected chi connectivity index (χ1v) is 5.61. The Labute approximate surface area is 90.2 Å². The molecule has 4 nitrogen and oxygen atoms in total. The second-order valence-corrected chi connectivity index (χ2v) is 4.29. The Kier molecular flexibility index (Phi) is 5.04. The molecule has 1 heterocycles. The van der Waals surface area contributed by atoms with Crippen molar-refractivity contribution in [3.05, 3.63) is 24.4 Å². The van der Waals surface area contributed by atoms with Crippen molar-refractivity contribution in [2.24, 2.45) is 5.14 Å². The zero-order valence-electron chi connectivity index (χ0n) is 7.85. The van der Waals surface area contributed by atoms with Crippen LogP contribution in [0.1, 0.15) is 13.3 Å². The highest BCUT2D eigenvalue weighted by Crippen LogP contribution is 1.98. The predicted molar refractivity (Wildman–Crippen MR) is 48.3 cm³/mol. The summed E-state index contributed by atoms with van der Waals surface area (Å²) in [5.41, 5.74) is 0. The molecule has 0 radical (unpaired) electrons. The van der Waals surface area contributed by atoms with Crippen molar-refractivity contribution in [3.8, 4) is 0 Å². The van der Waals surface area contributed by atoms with E-state index < -0.39 is 10.0 Å². The van der Waals surface area contributed by atoms with Crippen molar-refractivity contribution in [2.45, 2.75) is 24.9 Å². The Balaban J connectivity index is 0.00000169. The maximum atomic E-state index is 11.1. The number of nitrogens with two attached hydrogens (primary N) is 1. The first-order chi connectivity index (χ1) is 6.05. The fraction of sp³-hybridized carbons (Fsp3) is 0.375. The molecule has 0 fully saturated rings. The van der Waals surface area contributed by atoms with Gasteiger partial charge in [0.2, 0.25) is 0 Å². The standard InChI is InChI=1S/C8H13N2O2S.ClH/c1-2-6-10-7-4-3-5-8(10)13(9,11)12;/h3-5,7H,2,6H2,1H3,(H2,9,11,12);1H/q+1;/p-1. The topological polar surface area (TPSA) is 64.0 Å². The molecule has 0 saturated heterocycles. The number of aryl methyl sites for hydroxylation is 1. The maximum absolute atomic E-state index is 11.1. The lowest BCUT2D eigenvalue weighted by Crippen LogP contribution is -3.00. The van der Waals surface area contributed by atoms with Gasteiger partial charge in [0.1, 0.15) is 6.54 Å². The molecule has 0 aromatic carbocycles. The summed E-state index contributed by atoms with van der Waals surface area (Å²) in [7, 11) is -3.59. The smallest absolute Gasteiger partial charge is 0.312 e. The molecule has 0 unspecified atom stereocenters. The third-order valence-electron chi connectivity index (χ3n) is 1.66. The second-order valence-electron chi connectivity index (χ2n) is 2.78. The van der Waals surface area contributed by atoms with Crippen molar-refractivity contribution < 1.29 is 25.4 Å². The van der Waals surface area contributed by atoms with E-state index in [4.69, 9.17) is 5.14 Å². The number of nitrogens with zero attached hydrogens (tertiary/aromatic N) is 1. The van der Waals surface area contributed by atoms with Crippen LogP contribution < -0.4 is 22.1 Å². The molecule has 0 saturated carbocycles. The van der Waals surface area contributed by atoms with Crippen molar-refractivity contribution >= 4 is 10.0 Å². The summed E-state index contributed by atoms with van der Waals surface area (Å²) in [5, 5.41) is 5.20. The molecule has 0 amide bonds. The van der Waals surface area contributed by atoms with Crippen LogP contribution in [0.2, 0.25) is 0 Å². The first kappa shape index (κ1) is 13.4. The van der Waals surface area contributed by atoms with E-state index in [0.29, 0.717) is 6.54 Å². The van der Waals surface area contributed by atoms with Gasteiger partial charge in [-0.05, 0) is 6.07 Å². The highest BCUT2D eigenvalue weighted by atomic mass is 35.5. The fourth-order valence-corrected chi connectivity index (χ4v) is 1.89. The van der Waals surface area contributed by atoms with Gasteiger partial charge < -0.3 is 12.4 Å². The van der Waals surface area contributed by atoms with Crippen LogP contribution in [0.15, 0.2) is 29.4 Å². The minimum Gasteiger partial charge on any atom is -1.00 e. The van der Waals surface area contributed by atoms with E-state index in [1.807, 2.05) is 6.92 Å². The third kappa shape index (κ3) is 3.25. The molecule has 0 aliphatic carbocycles. The lowest BCUT2D eigenvalue weighted by atomic mass is 10.4. The molecule has 80 valence electrons. The van der Waals surface area contributed by atoms with Gasteiger partial charge in [-0.1, -0.05) is 6.92 Å². The summed E-state index contributed by atoms with van der Waals surface area (Å²) in [6.45, 7) is 2.64. The summed E-state index contributed by atoms with van der Waals surface area (Å²) in [6, 6.07) is 4.95. The molecule has 1 aromatic rings. The molecular weight excluding hydrogens is 224 g/mol. The second kappa shape index (κ2) is 5.29. The first-order valence-electron chi connectivity index (χ1n) is 4.07. The van der Waals surface area contributed by atoms with E-state index in [1.54, 1.807) is 22.9 Å². The Morgan fingerprint density at radius 2 is 2.07 bits per heavy atom. The number of primary sulfonamides is 1. The van der Waals surface area contributed by atoms with Crippen molar-refractivity contribution in [1.29, 1.82) is 0 Å². The molecule has 0 spiro atoms. The summed E-state index contributed by atoms with van der Waals surface area (Å²) >= 11 is 0. The number of hydrogen-bond acceptors (Lipinski definition) is 2. The van der Waals surface area contributed by atoms with Crippen molar-refractivity contribution in [1.82, 2.24) is 0 Å². The number of pyridine rings is 1. The monoisotopic (exact) mass is 236 g/mol. The van der Waals surface area contributed by atoms with E-state index in [-0.39, 0.29) is 17.4 Å². The highest BCUT2D eigenvalue weighted by Gasteiger charge is 2.19. The number of sulfonamides is 1. The Morgan fingerprint density at radius 3 is 2.57 bits per heavy atom. The van der Waals surface area contributed by atoms with Crippen LogP contribution in [0.4, 0.5) is 0 Å². The quantitative estimate of drug-likeness (QED) is 0.570. The molecule has 2 N–H and O–H groups in total. The highest BCUT2D eigenvalue weighted by molar-refractivity contribution is 7.89. The molecule has 1 rings (SSSR count).